The number of nitrogens with zero attached hydrogens (tertiary/aromatic N) is 1. The van der Waals surface area contributed by atoms with E-state index < -0.39 is 5.97 Å². The van der Waals surface area contributed by atoms with Gasteiger partial charge in [0.1, 0.15) is 11.8 Å². The van der Waals surface area contributed by atoms with Crippen molar-refractivity contribution in [3.63, 3.8) is 0 Å². The molecule has 1 aromatic rings. The van der Waals surface area contributed by atoms with E-state index in [1.54, 1.807) is 12.1 Å². The molecule has 0 spiro atoms. The maximum atomic E-state index is 11.4. The van der Waals surface area contributed by atoms with E-state index in [2.05, 4.69) is 10.8 Å². The number of ether oxygens (including phenoxy) is 2. The second-order valence-electron chi connectivity index (χ2n) is 4.34. The Kier molecular flexibility index (Phi) is 3.83. The number of esters is 1. The largest absolute Gasteiger partial charge is 0.489 e. The summed E-state index contributed by atoms with van der Waals surface area (Å²) in [7, 11) is 1.32. The molecule has 2 rings (SSSR count). The van der Waals surface area contributed by atoms with Crippen LogP contribution >= 0.6 is 0 Å². The van der Waals surface area contributed by atoms with Gasteiger partial charge < -0.3 is 9.47 Å². The lowest BCUT2D eigenvalue weighted by atomic mass is 10.1. The van der Waals surface area contributed by atoms with Crippen LogP contribution in [0.5, 0.6) is 5.75 Å². The zero-order chi connectivity index (χ0) is 13.0. The van der Waals surface area contributed by atoms with E-state index in [-0.39, 0.29) is 6.10 Å². The van der Waals surface area contributed by atoms with Crippen molar-refractivity contribution < 1.29 is 14.3 Å². The Morgan fingerprint density at radius 2 is 2.11 bits per heavy atom. The number of methoxy groups -OCH3 is 1. The van der Waals surface area contributed by atoms with Gasteiger partial charge in [0, 0.05) is 0 Å². The molecule has 4 nitrogen and oxygen atoms in total. The summed E-state index contributed by atoms with van der Waals surface area (Å²) in [6.45, 7) is 0. The fraction of sp³-hybridized carbons (Fsp3) is 0.429. The number of hydrogen-bond acceptors (Lipinski definition) is 4. The minimum absolute atomic E-state index is 0.195. The van der Waals surface area contributed by atoms with Gasteiger partial charge in [-0.2, -0.15) is 5.26 Å². The Bertz CT molecular complexity index is 484. The molecule has 0 aromatic heterocycles. The fourth-order valence-electron chi connectivity index (χ4n) is 2.15. The van der Waals surface area contributed by atoms with Crippen molar-refractivity contribution >= 4 is 5.97 Å². The maximum absolute atomic E-state index is 11.4. The highest BCUT2D eigenvalue weighted by Crippen LogP contribution is 2.27. The first-order valence-electron chi connectivity index (χ1n) is 6.03. The third-order valence-electron chi connectivity index (χ3n) is 3.12. The molecule has 1 aliphatic rings. The summed E-state index contributed by atoms with van der Waals surface area (Å²) >= 11 is 0. The molecule has 0 amide bonds. The van der Waals surface area contributed by atoms with E-state index in [1.807, 2.05) is 0 Å². The van der Waals surface area contributed by atoms with Crippen LogP contribution in [0.15, 0.2) is 18.2 Å². The van der Waals surface area contributed by atoms with Gasteiger partial charge in [-0.3, -0.25) is 0 Å². The Morgan fingerprint density at radius 3 is 2.72 bits per heavy atom. The molecule has 0 N–H and O–H groups in total. The maximum Gasteiger partial charge on any atom is 0.337 e. The highest BCUT2D eigenvalue weighted by Gasteiger charge is 2.18. The average molecular weight is 245 g/mol. The molecule has 94 valence electrons. The molecule has 0 heterocycles. The van der Waals surface area contributed by atoms with Crippen molar-refractivity contribution in [2.75, 3.05) is 7.11 Å². The molecule has 0 bridgehead atoms. The first-order valence-corrected chi connectivity index (χ1v) is 6.03. The fourth-order valence-corrected chi connectivity index (χ4v) is 2.15. The van der Waals surface area contributed by atoms with Gasteiger partial charge in [-0.15, -0.1) is 0 Å². The molecule has 1 fully saturated rings. The van der Waals surface area contributed by atoms with E-state index in [0.717, 1.165) is 12.8 Å². The molecule has 0 saturated heterocycles. The molecule has 1 aromatic carbocycles. The van der Waals surface area contributed by atoms with E-state index in [9.17, 15) is 4.79 Å². The first-order chi connectivity index (χ1) is 8.74. The lowest BCUT2D eigenvalue weighted by molar-refractivity contribution is 0.0600. The standard InChI is InChI=1S/C14H15NO3/c1-17-14(16)10-6-7-13(11(8-10)9-15)18-12-4-2-3-5-12/h6-8,12H,2-5H2,1H3. The van der Waals surface area contributed by atoms with E-state index in [4.69, 9.17) is 10.00 Å². The quantitative estimate of drug-likeness (QED) is 0.768. The van der Waals surface area contributed by atoms with Crippen molar-refractivity contribution in [2.24, 2.45) is 0 Å². The first kappa shape index (κ1) is 12.4. The van der Waals surface area contributed by atoms with Crippen molar-refractivity contribution in [2.45, 2.75) is 31.8 Å². The molecular weight excluding hydrogens is 230 g/mol. The summed E-state index contributed by atoms with van der Waals surface area (Å²) in [5.74, 6) is 0.107. The van der Waals surface area contributed by atoms with E-state index in [0.29, 0.717) is 16.9 Å². The number of carbonyl (C=O) groups excluding carboxylic acids is 1. The molecule has 0 aliphatic heterocycles. The van der Waals surface area contributed by atoms with E-state index in [1.165, 1.54) is 26.0 Å². The lowest BCUT2D eigenvalue weighted by Crippen LogP contribution is -2.12. The SMILES string of the molecule is COC(=O)c1ccc(OC2CCCC2)c(C#N)c1. The van der Waals surface area contributed by atoms with Crippen molar-refractivity contribution in [3.05, 3.63) is 29.3 Å². The van der Waals surface area contributed by atoms with Crippen LogP contribution in [0.25, 0.3) is 0 Å². The predicted molar refractivity (Wildman–Crippen MR) is 65.4 cm³/mol. The zero-order valence-electron chi connectivity index (χ0n) is 10.3. The third-order valence-corrected chi connectivity index (χ3v) is 3.12. The van der Waals surface area contributed by atoms with Crippen LogP contribution in [-0.2, 0) is 4.74 Å². The Labute approximate surface area is 106 Å². The summed E-state index contributed by atoms with van der Waals surface area (Å²) in [4.78, 5) is 11.4. The molecule has 1 saturated carbocycles. The number of carbonyl (C=O) groups is 1. The molecule has 4 heteroatoms. The highest BCUT2D eigenvalue weighted by atomic mass is 16.5. The molecule has 1 aliphatic carbocycles. The minimum atomic E-state index is -0.445. The van der Waals surface area contributed by atoms with Crippen LogP contribution in [-0.4, -0.2) is 19.2 Å². The van der Waals surface area contributed by atoms with Gasteiger partial charge in [-0.1, -0.05) is 0 Å². The normalized spacial score (nSPS) is 15.1. The third kappa shape index (κ3) is 2.62. The number of rotatable bonds is 3. The summed E-state index contributed by atoms with van der Waals surface area (Å²) in [6, 6.07) is 6.86. The average Bonchev–Trinajstić information content (AvgIpc) is 2.91. The Morgan fingerprint density at radius 1 is 1.39 bits per heavy atom. The molecular formula is C14H15NO3. The topological polar surface area (TPSA) is 59.3 Å². The van der Waals surface area contributed by atoms with Gasteiger partial charge in [0.15, 0.2) is 0 Å². The Balaban J connectivity index is 2.20. The zero-order valence-corrected chi connectivity index (χ0v) is 10.3. The van der Waals surface area contributed by atoms with Crippen LogP contribution in [0.1, 0.15) is 41.6 Å². The van der Waals surface area contributed by atoms with Gasteiger partial charge >= 0.3 is 5.97 Å². The van der Waals surface area contributed by atoms with Gasteiger partial charge in [-0.25, -0.2) is 4.79 Å². The Hall–Kier alpha value is -2.02. The van der Waals surface area contributed by atoms with Gasteiger partial charge in [0.2, 0.25) is 0 Å². The van der Waals surface area contributed by atoms with Crippen molar-refractivity contribution in [1.29, 1.82) is 5.26 Å². The van der Waals surface area contributed by atoms with Crippen molar-refractivity contribution in [3.8, 4) is 11.8 Å². The van der Waals surface area contributed by atoms with E-state index >= 15 is 0 Å². The number of hydrogen-bond donors (Lipinski definition) is 0. The molecule has 0 atom stereocenters. The summed E-state index contributed by atoms with van der Waals surface area (Å²) < 4.78 is 10.4. The number of benzene rings is 1. The lowest BCUT2D eigenvalue weighted by Gasteiger charge is -2.14. The smallest absolute Gasteiger partial charge is 0.337 e. The van der Waals surface area contributed by atoms with Crippen molar-refractivity contribution in [1.82, 2.24) is 0 Å². The molecule has 18 heavy (non-hydrogen) atoms. The monoisotopic (exact) mass is 245 g/mol. The second-order valence-corrected chi connectivity index (χ2v) is 4.34. The van der Waals surface area contributed by atoms with Gasteiger partial charge in [0.25, 0.3) is 0 Å². The van der Waals surface area contributed by atoms with Crippen LogP contribution in [0.2, 0.25) is 0 Å². The summed E-state index contributed by atoms with van der Waals surface area (Å²) in [5.41, 5.74) is 0.748. The van der Waals surface area contributed by atoms with Crippen LogP contribution in [0, 0.1) is 11.3 Å². The van der Waals surface area contributed by atoms with Crippen LogP contribution in [0.3, 0.4) is 0 Å². The highest BCUT2D eigenvalue weighted by molar-refractivity contribution is 5.90. The van der Waals surface area contributed by atoms with Gasteiger partial charge in [0.05, 0.1) is 24.3 Å². The molecule has 0 radical (unpaired) electrons. The summed E-state index contributed by atoms with van der Waals surface area (Å²) in [5, 5.41) is 9.09. The minimum Gasteiger partial charge on any atom is -0.489 e. The van der Waals surface area contributed by atoms with Crippen LogP contribution < -0.4 is 4.74 Å². The molecule has 0 unspecified atom stereocenters. The second kappa shape index (κ2) is 5.54. The van der Waals surface area contributed by atoms with Crippen LogP contribution in [0.4, 0.5) is 0 Å². The number of nitriles is 1. The summed E-state index contributed by atoms with van der Waals surface area (Å²) in [6.07, 6.45) is 4.61. The predicted octanol–water partition coefficient (Wildman–Crippen LogP) is 2.67. The van der Waals surface area contributed by atoms with Gasteiger partial charge in [-0.05, 0) is 43.9 Å².